The second kappa shape index (κ2) is 8.15. The molecule has 0 heterocycles. The van der Waals surface area contributed by atoms with E-state index in [1.165, 1.54) is 12.1 Å². The highest BCUT2D eigenvalue weighted by Crippen LogP contribution is 2.28. The fourth-order valence-corrected chi connectivity index (χ4v) is 2.26. The van der Waals surface area contributed by atoms with Gasteiger partial charge in [-0.15, -0.1) is 0 Å². The molecular weight excluding hydrogens is 308 g/mol. The molecule has 24 heavy (non-hydrogen) atoms. The van der Waals surface area contributed by atoms with Crippen LogP contribution >= 0.6 is 0 Å². The van der Waals surface area contributed by atoms with Crippen LogP contribution in [0.2, 0.25) is 0 Å². The lowest BCUT2D eigenvalue weighted by Crippen LogP contribution is -2.18. The van der Waals surface area contributed by atoms with Crippen molar-refractivity contribution in [1.82, 2.24) is 0 Å². The van der Waals surface area contributed by atoms with Crippen molar-refractivity contribution in [3.63, 3.8) is 0 Å². The Labute approximate surface area is 141 Å². The number of ether oxygens (including phenoxy) is 3. The third kappa shape index (κ3) is 4.35. The van der Waals surface area contributed by atoms with E-state index in [0.717, 1.165) is 11.1 Å². The summed E-state index contributed by atoms with van der Waals surface area (Å²) in [5.74, 6) is 0.744. The van der Waals surface area contributed by atoms with Gasteiger partial charge in [0.1, 0.15) is 12.0 Å². The van der Waals surface area contributed by atoms with Crippen molar-refractivity contribution in [3.8, 4) is 17.2 Å². The Morgan fingerprint density at radius 3 is 2.38 bits per heavy atom. The Bertz CT molecular complexity index is 716. The van der Waals surface area contributed by atoms with Crippen LogP contribution in [0, 0.1) is 13.8 Å². The fourth-order valence-electron chi connectivity index (χ4n) is 2.26. The van der Waals surface area contributed by atoms with E-state index in [4.69, 9.17) is 14.2 Å². The molecule has 0 N–H and O–H groups in total. The molecule has 2 aromatic rings. The summed E-state index contributed by atoms with van der Waals surface area (Å²) < 4.78 is 16.3. The molecule has 0 atom stereocenters. The van der Waals surface area contributed by atoms with Crippen LogP contribution in [0.5, 0.6) is 17.2 Å². The van der Waals surface area contributed by atoms with E-state index in [0.29, 0.717) is 30.0 Å². The number of esters is 1. The predicted molar refractivity (Wildman–Crippen MR) is 90.0 cm³/mol. The topological polar surface area (TPSA) is 61.8 Å². The van der Waals surface area contributed by atoms with Crippen LogP contribution in [0.25, 0.3) is 0 Å². The van der Waals surface area contributed by atoms with Crippen LogP contribution in [-0.2, 0) is 4.79 Å². The molecule has 5 heteroatoms. The minimum atomic E-state index is -0.544. The van der Waals surface area contributed by atoms with Gasteiger partial charge in [0.15, 0.2) is 18.1 Å². The summed E-state index contributed by atoms with van der Waals surface area (Å²) in [6.45, 7) is 5.82. The van der Waals surface area contributed by atoms with Gasteiger partial charge in [0.25, 0.3) is 0 Å². The monoisotopic (exact) mass is 328 g/mol. The number of rotatable bonds is 7. The molecule has 0 saturated carbocycles. The van der Waals surface area contributed by atoms with Gasteiger partial charge >= 0.3 is 5.97 Å². The van der Waals surface area contributed by atoms with Gasteiger partial charge in [-0.25, -0.2) is 4.79 Å². The molecule has 5 nitrogen and oxygen atoms in total. The Kier molecular flexibility index (Phi) is 5.95. The van der Waals surface area contributed by atoms with Crippen LogP contribution in [0.3, 0.4) is 0 Å². The van der Waals surface area contributed by atoms with Gasteiger partial charge in [-0.3, -0.25) is 4.79 Å². The first kappa shape index (κ1) is 17.5. The summed E-state index contributed by atoms with van der Waals surface area (Å²) in [6.07, 6.45) is 0.707. The molecule has 0 unspecified atom stereocenters. The Morgan fingerprint density at radius 1 is 1.04 bits per heavy atom. The maximum atomic E-state index is 12.0. The average molecular weight is 328 g/mol. The van der Waals surface area contributed by atoms with Crippen LogP contribution in [0.1, 0.15) is 28.4 Å². The summed E-state index contributed by atoms with van der Waals surface area (Å²) in [7, 11) is 0. The molecule has 126 valence electrons. The van der Waals surface area contributed by atoms with Crippen LogP contribution < -0.4 is 14.2 Å². The normalized spacial score (nSPS) is 10.1. The first-order valence-electron chi connectivity index (χ1n) is 7.67. The zero-order chi connectivity index (χ0) is 17.5. The molecule has 0 aromatic heterocycles. The lowest BCUT2D eigenvalue weighted by Gasteiger charge is -2.13. The quantitative estimate of drug-likeness (QED) is 0.442. The SMILES string of the molecule is CCOc1cc(C=O)ccc1OC(=O)COc1c(C)cccc1C. The van der Waals surface area contributed by atoms with Crippen molar-refractivity contribution < 1.29 is 23.8 Å². The molecule has 2 aromatic carbocycles. The standard InChI is InChI=1S/C19H20O5/c1-4-22-17-10-15(11-20)8-9-16(17)24-18(21)12-23-19-13(2)6-5-7-14(19)3/h5-11H,4,12H2,1-3H3. The van der Waals surface area contributed by atoms with Crippen LogP contribution in [-0.4, -0.2) is 25.5 Å². The molecular formula is C19H20O5. The lowest BCUT2D eigenvalue weighted by atomic mass is 10.1. The van der Waals surface area contributed by atoms with Crippen molar-refractivity contribution in [1.29, 1.82) is 0 Å². The van der Waals surface area contributed by atoms with Gasteiger partial charge in [0, 0.05) is 5.56 Å². The van der Waals surface area contributed by atoms with Crippen molar-refractivity contribution >= 4 is 12.3 Å². The summed E-state index contributed by atoms with van der Waals surface area (Å²) in [6, 6.07) is 10.4. The first-order chi connectivity index (χ1) is 11.5. The highest BCUT2D eigenvalue weighted by Gasteiger charge is 2.13. The van der Waals surface area contributed by atoms with E-state index < -0.39 is 5.97 Å². The Hall–Kier alpha value is -2.82. The largest absolute Gasteiger partial charge is 0.490 e. The number of para-hydroxylation sites is 1. The van der Waals surface area contributed by atoms with Gasteiger partial charge < -0.3 is 14.2 Å². The van der Waals surface area contributed by atoms with Gasteiger partial charge in [-0.05, 0) is 50.1 Å². The number of aldehydes is 1. The molecule has 0 fully saturated rings. The zero-order valence-corrected chi connectivity index (χ0v) is 14.0. The average Bonchev–Trinajstić information content (AvgIpc) is 2.56. The van der Waals surface area contributed by atoms with Gasteiger partial charge in [-0.1, -0.05) is 18.2 Å². The fraction of sp³-hybridized carbons (Fsp3) is 0.263. The van der Waals surface area contributed by atoms with E-state index in [-0.39, 0.29) is 12.4 Å². The summed E-state index contributed by atoms with van der Waals surface area (Å²) in [4.78, 5) is 22.9. The van der Waals surface area contributed by atoms with Gasteiger partial charge in [0.2, 0.25) is 0 Å². The maximum absolute atomic E-state index is 12.0. The molecule has 0 aliphatic heterocycles. The van der Waals surface area contributed by atoms with Gasteiger partial charge in [0.05, 0.1) is 6.61 Å². The zero-order valence-electron chi connectivity index (χ0n) is 14.0. The number of hydrogen-bond donors (Lipinski definition) is 0. The third-order valence-corrected chi connectivity index (χ3v) is 3.37. The molecule has 0 saturated heterocycles. The van der Waals surface area contributed by atoms with Gasteiger partial charge in [-0.2, -0.15) is 0 Å². The molecule has 0 aliphatic rings. The Balaban J connectivity index is 2.05. The molecule has 0 radical (unpaired) electrons. The molecule has 0 spiro atoms. The lowest BCUT2D eigenvalue weighted by molar-refractivity contribution is -0.136. The first-order valence-corrected chi connectivity index (χ1v) is 7.67. The summed E-state index contributed by atoms with van der Waals surface area (Å²) >= 11 is 0. The van der Waals surface area contributed by atoms with E-state index in [1.54, 1.807) is 6.07 Å². The van der Waals surface area contributed by atoms with E-state index >= 15 is 0 Å². The Morgan fingerprint density at radius 2 is 1.75 bits per heavy atom. The molecule has 0 bridgehead atoms. The summed E-state index contributed by atoms with van der Waals surface area (Å²) in [5, 5.41) is 0. The highest BCUT2D eigenvalue weighted by atomic mass is 16.6. The van der Waals surface area contributed by atoms with Crippen molar-refractivity contribution in [2.24, 2.45) is 0 Å². The van der Waals surface area contributed by atoms with Crippen molar-refractivity contribution in [3.05, 3.63) is 53.1 Å². The van der Waals surface area contributed by atoms with E-state index in [9.17, 15) is 9.59 Å². The third-order valence-electron chi connectivity index (χ3n) is 3.37. The molecule has 2 rings (SSSR count). The molecule has 0 aliphatic carbocycles. The number of benzene rings is 2. The highest BCUT2D eigenvalue weighted by molar-refractivity contribution is 5.78. The van der Waals surface area contributed by atoms with E-state index in [1.807, 2.05) is 39.0 Å². The van der Waals surface area contributed by atoms with Crippen molar-refractivity contribution in [2.45, 2.75) is 20.8 Å². The number of aryl methyl sites for hydroxylation is 2. The molecule has 0 amide bonds. The number of hydrogen-bond acceptors (Lipinski definition) is 5. The van der Waals surface area contributed by atoms with E-state index in [2.05, 4.69) is 0 Å². The second-order valence-corrected chi connectivity index (χ2v) is 5.24. The maximum Gasteiger partial charge on any atom is 0.349 e. The summed E-state index contributed by atoms with van der Waals surface area (Å²) in [5.41, 5.74) is 2.35. The minimum absolute atomic E-state index is 0.216. The minimum Gasteiger partial charge on any atom is -0.490 e. The number of carbonyl (C=O) groups excluding carboxylic acids is 2. The van der Waals surface area contributed by atoms with Crippen LogP contribution in [0.15, 0.2) is 36.4 Å². The predicted octanol–water partition coefficient (Wildman–Crippen LogP) is 3.50. The van der Waals surface area contributed by atoms with Crippen LogP contribution in [0.4, 0.5) is 0 Å². The van der Waals surface area contributed by atoms with Crippen molar-refractivity contribution in [2.75, 3.05) is 13.2 Å². The smallest absolute Gasteiger partial charge is 0.349 e. The second-order valence-electron chi connectivity index (χ2n) is 5.24. The number of carbonyl (C=O) groups is 2.